The first-order chi connectivity index (χ1) is 13.2. The van der Waals surface area contributed by atoms with E-state index < -0.39 is 0 Å². The number of para-hydroxylation sites is 2. The zero-order chi connectivity index (χ0) is 18.4. The molecule has 5 rings (SSSR count). The van der Waals surface area contributed by atoms with Gasteiger partial charge in [0.05, 0.1) is 16.3 Å². The van der Waals surface area contributed by atoms with E-state index in [1.54, 1.807) is 18.2 Å². The molecule has 1 aliphatic carbocycles. The summed E-state index contributed by atoms with van der Waals surface area (Å²) in [4.78, 5) is 11.2. The van der Waals surface area contributed by atoms with Crippen molar-refractivity contribution in [1.82, 2.24) is 15.1 Å². The summed E-state index contributed by atoms with van der Waals surface area (Å²) in [5.41, 5.74) is 5.26. The maximum absolute atomic E-state index is 11.6. The number of hydrogen-bond donors (Lipinski definition) is 1. The highest BCUT2D eigenvalue weighted by Crippen LogP contribution is 2.54. The van der Waals surface area contributed by atoms with Crippen LogP contribution in [0, 0.1) is 10.1 Å². The van der Waals surface area contributed by atoms with Crippen LogP contribution in [0.1, 0.15) is 35.4 Å². The van der Waals surface area contributed by atoms with Gasteiger partial charge in [0.25, 0.3) is 5.69 Å². The first-order valence-electron chi connectivity index (χ1n) is 9.32. The van der Waals surface area contributed by atoms with Crippen molar-refractivity contribution in [2.75, 3.05) is 6.54 Å². The molecular weight excluding hydrogens is 340 g/mol. The van der Waals surface area contributed by atoms with E-state index in [0.717, 1.165) is 43.7 Å². The SMILES string of the molecule is O=[N+]([O-])c1ccccc1-n1nc(C2(c3ccccc3)CC2)c2c1CCNC2. The molecule has 0 amide bonds. The fraction of sp³-hybridized carbons (Fsp3) is 0.286. The third kappa shape index (κ3) is 2.48. The molecule has 0 saturated heterocycles. The molecule has 1 fully saturated rings. The van der Waals surface area contributed by atoms with E-state index in [1.165, 1.54) is 11.1 Å². The summed E-state index contributed by atoms with van der Waals surface area (Å²) in [5.74, 6) is 0. The molecule has 0 unspecified atom stereocenters. The second-order valence-electron chi connectivity index (χ2n) is 7.31. The molecule has 1 saturated carbocycles. The van der Waals surface area contributed by atoms with Crippen LogP contribution in [0.2, 0.25) is 0 Å². The summed E-state index contributed by atoms with van der Waals surface area (Å²) in [7, 11) is 0. The molecule has 0 radical (unpaired) electrons. The Morgan fingerprint density at radius 1 is 1.07 bits per heavy atom. The monoisotopic (exact) mass is 360 g/mol. The van der Waals surface area contributed by atoms with Crippen molar-refractivity contribution < 1.29 is 4.92 Å². The van der Waals surface area contributed by atoms with Crippen molar-refractivity contribution in [1.29, 1.82) is 0 Å². The molecule has 6 heteroatoms. The Bertz CT molecular complexity index is 1020. The molecule has 0 bridgehead atoms. The summed E-state index contributed by atoms with van der Waals surface area (Å²) in [6, 6.07) is 17.4. The molecule has 0 atom stereocenters. The molecule has 3 aromatic rings. The van der Waals surface area contributed by atoms with Crippen LogP contribution in [0.3, 0.4) is 0 Å². The van der Waals surface area contributed by atoms with Crippen LogP contribution in [0.25, 0.3) is 5.69 Å². The maximum Gasteiger partial charge on any atom is 0.294 e. The van der Waals surface area contributed by atoms with E-state index in [0.29, 0.717) is 5.69 Å². The van der Waals surface area contributed by atoms with Crippen molar-refractivity contribution in [3.05, 3.63) is 87.2 Å². The lowest BCUT2D eigenvalue weighted by atomic mass is 9.88. The van der Waals surface area contributed by atoms with Gasteiger partial charge in [0, 0.05) is 36.6 Å². The standard InChI is InChI=1S/C21H20N4O2/c26-25(27)19-9-5-4-8-18(19)24-17-10-13-22-14-16(17)20(23-24)21(11-12-21)15-6-2-1-3-7-15/h1-9,22H,10-14H2. The topological polar surface area (TPSA) is 73.0 Å². The molecule has 2 heterocycles. The van der Waals surface area contributed by atoms with Gasteiger partial charge in [-0.2, -0.15) is 5.10 Å². The van der Waals surface area contributed by atoms with Crippen molar-refractivity contribution in [3.63, 3.8) is 0 Å². The Morgan fingerprint density at radius 2 is 1.81 bits per heavy atom. The molecular formula is C21H20N4O2. The van der Waals surface area contributed by atoms with Gasteiger partial charge in [0.1, 0.15) is 5.69 Å². The first kappa shape index (κ1) is 16.2. The van der Waals surface area contributed by atoms with Gasteiger partial charge in [-0.1, -0.05) is 42.5 Å². The van der Waals surface area contributed by atoms with Crippen molar-refractivity contribution in [2.45, 2.75) is 31.2 Å². The Morgan fingerprint density at radius 3 is 2.56 bits per heavy atom. The van der Waals surface area contributed by atoms with Gasteiger partial charge in [0.2, 0.25) is 0 Å². The predicted octanol–water partition coefficient (Wildman–Crippen LogP) is 3.51. The molecule has 2 aromatic carbocycles. The number of nitro groups is 1. The summed E-state index contributed by atoms with van der Waals surface area (Å²) in [6.45, 7) is 1.62. The minimum absolute atomic E-state index is 0.0564. The molecule has 27 heavy (non-hydrogen) atoms. The second-order valence-corrected chi connectivity index (χ2v) is 7.31. The van der Waals surface area contributed by atoms with Crippen LogP contribution in [-0.4, -0.2) is 21.2 Å². The number of nitro benzene ring substituents is 1. The Kier molecular flexibility index (Phi) is 3.62. The number of aromatic nitrogens is 2. The smallest absolute Gasteiger partial charge is 0.294 e. The lowest BCUT2D eigenvalue weighted by Crippen LogP contribution is -2.26. The first-order valence-corrected chi connectivity index (χ1v) is 9.32. The van der Waals surface area contributed by atoms with E-state index in [4.69, 9.17) is 5.10 Å². The highest BCUT2D eigenvalue weighted by molar-refractivity contribution is 5.55. The van der Waals surface area contributed by atoms with Gasteiger partial charge >= 0.3 is 0 Å². The molecule has 6 nitrogen and oxygen atoms in total. The molecule has 2 aliphatic rings. The van der Waals surface area contributed by atoms with Crippen LogP contribution in [0.15, 0.2) is 54.6 Å². The summed E-state index contributed by atoms with van der Waals surface area (Å²) >= 11 is 0. The minimum atomic E-state index is -0.325. The quantitative estimate of drug-likeness (QED) is 0.571. The van der Waals surface area contributed by atoms with Gasteiger partial charge in [-0.25, -0.2) is 4.68 Å². The average molecular weight is 360 g/mol. The Labute approximate surface area is 157 Å². The highest BCUT2D eigenvalue weighted by atomic mass is 16.6. The van der Waals surface area contributed by atoms with Crippen molar-refractivity contribution >= 4 is 5.69 Å². The number of benzene rings is 2. The van der Waals surface area contributed by atoms with Crippen LogP contribution in [-0.2, 0) is 18.4 Å². The molecule has 1 N–H and O–H groups in total. The van der Waals surface area contributed by atoms with Gasteiger partial charge in [-0.05, 0) is 24.5 Å². The van der Waals surface area contributed by atoms with Crippen molar-refractivity contribution in [2.24, 2.45) is 0 Å². The summed E-state index contributed by atoms with van der Waals surface area (Å²) < 4.78 is 1.83. The normalized spacial score (nSPS) is 17.3. The predicted molar refractivity (Wildman–Crippen MR) is 102 cm³/mol. The second kappa shape index (κ2) is 6.03. The van der Waals surface area contributed by atoms with E-state index in [-0.39, 0.29) is 16.0 Å². The molecule has 1 aliphatic heterocycles. The lowest BCUT2D eigenvalue weighted by Gasteiger charge is -2.19. The maximum atomic E-state index is 11.6. The van der Waals surface area contributed by atoms with Crippen LogP contribution in [0.5, 0.6) is 0 Å². The highest BCUT2D eigenvalue weighted by Gasteiger charge is 2.50. The van der Waals surface area contributed by atoms with Crippen LogP contribution in [0.4, 0.5) is 5.69 Å². The van der Waals surface area contributed by atoms with Crippen LogP contribution < -0.4 is 5.32 Å². The minimum Gasteiger partial charge on any atom is -0.312 e. The van der Waals surface area contributed by atoms with E-state index in [9.17, 15) is 10.1 Å². The van der Waals surface area contributed by atoms with E-state index in [1.807, 2.05) is 16.8 Å². The third-order valence-corrected chi connectivity index (χ3v) is 5.77. The number of fused-ring (bicyclic) bond motifs is 1. The van der Waals surface area contributed by atoms with Gasteiger partial charge in [-0.15, -0.1) is 0 Å². The zero-order valence-electron chi connectivity index (χ0n) is 14.9. The summed E-state index contributed by atoms with van der Waals surface area (Å²) in [6.07, 6.45) is 2.95. The van der Waals surface area contributed by atoms with Gasteiger partial charge in [-0.3, -0.25) is 10.1 Å². The largest absolute Gasteiger partial charge is 0.312 e. The third-order valence-electron chi connectivity index (χ3n) is 5.77. The Balaban J connectivity index is 1.71. The van der Waals surface area contributed by atoms with Gasteiger partial charge in [0.15, 0.2) is 0 Å². The van der Waals surface area contributed by atoms with Gasteiger partial charge < -0.3 is 5.32 Å². The fourth-order valence-corrected chi connectivity index (χ4v) is 4.27. The number of hydrogen-bond acceptors (Lipinski definition) is 4. The Hall–Kier alpha value is -2.99. The fourth-order valence-electron chi connectivity index (χ4n) is 4.27. The zero-order valence-corrected chi connectivity index (χ0v) is 14.9. The number of rotatable bonds is 4. The number of nitrogens with one attached hydrogen (secondary N) is 1. The number of nitrogens with zero attached hydrogens (tertiary/aromatic N) is 3. The molecule has 0 spiro atoms. The summed E-state index contributed by atoms with van der Waals surface area (Å²) in [5, 5.41) is 20.0. The van der Waals surface area contributed by atoms with E-state index >= 15 is 0 Å². The van der Waals surface area contributed by atoms with E-state index in [2.05, 4.69) is 29.6 Å². The molecule has 1 aromatic heterocycles. The van der Waals surface area contributed by atoms with Crippen molar-refractivity contribution in [3.8, 4) is 5.69 Å². The van der Waals surface area contributed by atoms with Crippen LogP contribution >= 0.6 is 0 Å². The lowest BCUT2D eigenvalue weighted by molar-refractivity contribution is -0.384. The average Bonchev–Trinajstić information content (AvgIpc) is 3.43. The molecule has 136 valence electrons.